The lowest BCUT2D eigenvalue weighted by Gasteiger charge is -2.13. The molecule has 0 saturated carbocycles. The normalized spacial score (nSPS) is 17.8. The predicted octanol–water partition coefficient (Wildman–Crippen LogP) is -1.62. The van der Waals surface area contributed by atoms with Gasteiger partial charge < -0.3 is 9.57 Å². The first-order valence-electron chi connectivity index (χ1n) is 5.60. The standard InChI is InChI=1S/C12H7NO8/c14-6-1-2-7(15)12(6)20-10(18)5-11(19)21-13-8(16)3-4-9(13)17/h1-4,12H,5H2. The van der Waals surface area contributed by atoms with E-state index in [1.165, 1.54) is 0 Å². The second-order valence-electron chi connectivity index (χ2n) is 3.95. The second kappa shape index (κ2) is 5.49. The highest BCUT2D eigenvalue weighted by Crippen LogP contribution is 2.09. The van der Waals surface area contributed by atoms with Gasteiger partial charge in [0, 0.05) is 12.2 Å². The Morgan fingerprint density at radius 1 is 0.905 bits per heavy atom. The molecule has 2 amide bonds. The van der Waals surface area contributed by atoms with Gasteiger partial charge in [0.05, 0.1) is 0 Å². The maximum absolute atomic E-state index is 11.4. The van der Waals surface area contributed by atoms with Crippen LogP contribution in [0.5, 0.6) is 0 Å². The van der Waals surface area contributed by atoms with Crippen molar-refractivity contribution in [3.05, 3.63) is 24.3 Å². The van der Waals surface area contributed by atoms with Crippen LogP contribution in [0.4, 0.5) is 0 Å². The quantitative estimate of drug-likeness (QED) is 0.344. The minimum absolute atomic E-state index is 0.170. The Bertz CT molecular complexity index is 539. The summed E-state index contributed by atoms with van der Waals surface area (Å²) in [5.74, 6) is -5.59. The first-order chi connectivity index (χ1) is 9.88. The number of nitrogens with zero attached hydrogens (tertiary/aromatic N) is 1. The molecule has 1 aliphatic carbocycles. The van der Waals surface area contributed by atoms with Crippen molar-refractivity contribution < 1.29 is 38.3 Å². The molecule has 0 saturated heterocycles. The first-order valence-corrected chi connectivity index (χ1v) is 5.60. The Morgan fingerprint density at radius 3 is 1.95 bits per heavy atom. The van der Waals surface area contributed by atoms with E-state index in [1.807, 2.05) is 0 Å². The van der Waals surface area contributed by atoms with E-state index < -0.39 is 47.8 Å². The van der Waals surface area contributed by atoms with Crippen molar-refractivity contribution in [3.63, 3.8) is 0 Å². The van der Waals surface area contributed by atoms with E-state index in [0.29, 0.717) is 0 Å². The summed E-state index contributed by atoms with van der Waals surface area (Å²) in [5.41, 5.74) is 0. The number of hydroxylamine groups is 2. The molecular weight excluding hydrogens is 286 g/mol. The van der Waals surface area contributed by atoms with Crippen molar-refractivity contribution in [1.29, 1.82) is 0 Å². The van der Waals surface area contributed by atoms with Gasteiger partial charge in [-0.25, -0.2) is 4.79 Å². The van der Waals surface area contributed by atoms with E-state index in [0.717, 1.165) is 24.3 Å². The predicted molar refractivity (Wildman–Crippen MR) is 60.7 cm³/mol. The van der Waals surface area contributed by atoms with Crippen LogP contribution in [0.1, 0.15) is 6.42 Å². The molecule has 2 rings (SSSR count). The van der Waals surface area contributed by atoms with Crippen LogP contribution in [-0.2, 0) is 38.3 Å². The summed E-state index contributed by atoms with van der Waals surface area (Å²) in [6.07, 6.45) is 1.11. The Morgan fingerprint density at radius 2 is 1.43 bits per heavy atom. The molecule has 0 unspecified atom stereocenters. The van der Waals surface area contributed by atoms with Crippen molar-refractivity contribution in [2.75, 3.05) is 0 Å². The molecule has 108 valence electrons. The molecule has 21 heavy (non-hydrogen) atoms. The third kappa shape index (κ3) is 3.08. The molecule has 0 fully saturated rings. The number of hydrogen-bond donors (Lipinski definition) is 0. The first kappa shape index (κ1) is 14.3. The SMILES string of the molecule is O=C(CC(=O)ON1C(=O)C=CC1=O)OC1C(=O)C=CC1=O. The Hall–Kier alpha value is -3.10. The summed E-state index contributed by atoms with van der Waals surface area (Å²) in [6.45, 7) is 0. The van der Waals surface area contributed by atoms with Gasteiger partial charge in [-0.3, -0.25) is 24.0 Å². The molecule has 0 aromatic rings. The molecule has 0 atom stereocenters. The number of esters is 1. The van der Waals surface area contributed by atoms with Crippen molar-refractivity contribution in [2.45, 2.75) is 12.5 Å². The number of ether oxygens (including phenoxy) is 1. The van der Waals surface area contributed by atoms with Crippen LogP contribution in [0.2, 0.25) is 0 Å². The third-order valence-corrected chi connectivity index (χ3v) is 2.43. The number of ketones is 2. The highest BCUT2D eigenvalue weighted by molar-refractivity contribution is 6.22. The van der Waals surface area contributed by atoms with Crippen LogP contribution in [0.25, 0.3) is 0 Å². The zero-order chi connectivity index (χ0) is 15.6. The van der Waals surface area contributed by atoms with E-state index in [1.54, 1.807) is 0 Å². The van der Waals surface area contributed by atoms with E-state index in [9.17, 15) is 28.8 Å². The van der Waals surface area contributed by atoms with Crippen molar-refractivity contribution in [1.82, 2.24) is 5.06 Å². The average Bonchev–Trinajstić information content (AvgIpc) is 2.88. The van der Waals surface area contributed by atoms with Crippen LogP contribution in [0.15, 0.2) is 24.3 Å². The number of amides is 2. The summed E-state index contributed by atoms with van der Waals surface area (Å²) in [6, 6.07) is 0. The zero-order valence-corrected chi connectivity index (χ0v) is 10.3. The van der Waals surface area contributed by atoms with Crippen molar-refractivity contribution in [2.24, 2.45) is 0 Å². The van der Waals surface area contributed by atoms with Gasteiger partial charge in [-0.1, -0.05) is 5.06 Å². The topological polar surface area (TPSA) is 124 Å². The molecule has 9 nitrogen and oxygen atoms in total. The Balaban J connectivity index is 1.84. The Kier molecular flexibility index (Phi) is 3.74. The van der Waals surface area contributed by atoms with Crippen LogP contribution in [0.3, 0.4) is 0 Å². The van der Waals surface area contributed by atoms with Gasteiger partial charge in [0.1, 0.15) is 6.42 Å². The Labute approximate surface area is 116 Å². The largest absolute Gasteiger partial charge is 0.445 e. The molecular formula is C12H7NO8. The van der Waals surface area contributed by atoms with Gasteiger partial charge in [0.2, 0.25) is 17.7 Å². The number of rotatable bonds is 4. The van der Waals surface area contributed by atoms with Gasteiger partial charge in [0.25, 0.3) is 11.8 Å². The fraction of sp³-hybridized carbons (Fsp3) is 0.167. The second-order valence-corrected chi connectivity index (χ2v) is 3.95. The minimum Gasteiger partial charge on any atom is -0.445 e. The van der Waals surface area contributed by atoms with Crippen molar-refractivity contribution >= 4 is 35.3 Å². The van der Waals surface area contributed by atoms with Gasteiger partial charge in [-0.2, -0.15) is 0 Å². The van der Waals surface area contributed by atoms with Gasteiger partial charge in [-0.05, 0) is 12.2 Å². The molecule has 1 heterocycles. The summed E-state index contributed by atoms with van der Waals surface area (Å²) in [4.78, 5) is 71.6. The van der Waals surface area contributed by atoms with Crippen LogP contribution < -0.4 is 0 Å². The maximum Gasteiger partial charge on any atom is 0.344 e. The molecule has 1 aliphatic heterocycles. The molecule has 0 radical (unpaired) electrons. The molecule has 0 spiro atoms. The molecule has 0 aromatic heterocycles. The van der Waals surface area contributed by atoms with Crippen LogP contribution >= 0.6 is 0 Å². The van der Waals surface area contributed by atoms with E-state index in [4.69, 9.17) is 0 Å². The fourth-order valence-electron chi connectivity index (χ4n) is 1.50. The lowest BCUT2D eigenvalue weighted by atomic mass is 10.2. The minimum atomic E-state index is -1.60. The third-order valence-electron chi connectivity index (χ3n) is 2.43. The van der Waals surface area contributed by atoms with Gasteiger partial charge in [-0.15, -0.1) is 0 Å². The lowest BCUT2D eigenvalue weighted by molar-refractivity contribution is -0.197. The average molecular weight is 293 g/mol. The number of hydrogen-bond acceptors (Lipinski definition) is 8. The summed E-state index contributed by atoms with van der Waals surface area (Å²) in [7, 11) is 0. The maximum atomic E-state index is 11.4. The molecule has 9 heteroatoms. The lowest BCUT2D eigenvalue weighted by Crippen LogP contribution is -2.35. The van der Waals surface area contributed by atoms with E-state index >= 15 is 0 Å². The number of carbonyl (C=O) groups is 6. The summed E-state index contributed by atoms with van der Waals surface area (Å²) in [5, 5.41) is 0.170. The zero-order valence-electron chi connectivity index (χ0n) is 10.3. The highest BCUT2D eigenvalue weighted by Gasteiger charge is 2.33. The van der Waals surface area contributed by atoms with Crippen LogP contribution in [0, 0.1) is 0 Å². The van der Waals surface area contributed by atoms with Gasteiger partial charge in [0.15, 0.2) is 0 Å². The van der Waals surface area contributed by atoms with E-state index in [2.05, 4.69) is 9.57 Å². The summed E-state index contributed by atoms with van der Waals surface area (Å²) >= 11 is 0. The molecule has 0 N–H and O–H groups in total. The van der Waals surface area contributed by atoms with Crippen LogP contribution in [-0.4, -0.2) is 46.5 Å². The molecule has 0 aromatic carbocycles. The highest BCUT2D eigenvalue weighted by atomic mass is 16.7. The molecule has 0 bridgehead atoms. The monoisotopic (exact) mass is 293 g/mol. The summed E-state index contributed by atoms with van der Waals surface area (Å²) < 4.78 is 4.52. The smallest absolute Gasteiger partial charge is 0.344 e. The van der Waals surface area contributed by atoms with Crippen molar-refractivity contribution in [3.8, 4) is 0 Å². The van der Waals surface area contributed by atoms with Gasteiger partial charge >= 0.3 is 11.9 Å². The number of imide groups is 1. The fourth-order valence-corrected chi connectivity index (χ4v) is 1.50. The number of carbonyl (C=O) groups excluding carboxylic acids is 6. The molecule has 2 aliphatic rings. The van der Waals surface area contributed by atoms with E-state index in [-0.39, 0.29) is 5.06 Å².